The molecule has 116 valence electrons. The number of likely N-dealkylation sites (N-methyl/N-ethyl adjacent to an activating group) is 1. The summed E-state index contributed by atoms with van der Waals surface area (Å²) in [4.78, 5) is 15.0. The summed E-state index contributed by atoms with van der Waals surface area (Å²) in [7, 11) is 1.89. The minimum Gasteiger partial charge on any atom is -0.465 e. The lowest BCUT2D eigenvalue weighted by molar-refractivity contribution is -0.151. The van der Waals surface area contributed by atoms with Gasteiger partial charge in [0.25, 0.3) is 0 Å². The molecule has 4 atom stereocenters. The fraction of sp³-hybridized carbons (Fsp3) is 0.938. The summed E-state index contributed by atoms with van der Waals surface area (Å²) in [6, 6.07) is 1.87. The summed E-state index contributed by atoms with van der Waals surface area (Å²) in [5, 5.41) is 3.26. The summed E-state index contributed by atoms with van der Waals surface area (Å²) in [6.45, 7) is 6.95. The summed E-state index contributed by atoms with van der Waals surface area (Å²) < 4.78 is 5.29. The van der Waals surface area contributed by atoms with Gasteiger partial charge in [-0.3, -0.25) is 9.69 Å². The van der Waals surface area contributed by atoms with Crippen molar-refractivity contribution in [3.63, 3.8) is 0 Å². The van der Waals surface area contributed by atoms with Crippen LogP contribution in [0.5, 0.6) is 0 Å². The highest BCUT2D eigenvalue weighted by molar-refractivity contribution is 5.81. The molecule has 0 aromatic heterocycles. The highest BCUT2D eigenvalue weighted by atomic mass is 16.5. The largest absolute Gasteiger partial charge is 0.465 e. The van der Waals surface area contributed by atoms with Crippen LogP contribution in [0.1, 0.15) is 59.3 Å². The van der Waals surface area contributed by atoms with E-state index in [9.17, 15) is 4.79 Å². The number of rotatable bonds is 5. The van der Waals surface area contributed by atoms with Gasteiger partial charge in [-0.05, 0) is 59.4 Å². The topological polar surface area (TPSA) is 41.6 Å². The third kappa shape index (κ3) is 2.73. The molecule has 4 heteroatoms. The van der Waals surface area contributed by atoms with Crippen LogP contribution in [0.25, 0.3) is 0 Å². The monoisotopic (exact) mass is 282 g/mol. The molecule has 1 N–H and O–H groups in total. The van der Waals surface area contributed by atoms with Crippen molar-refractivity contribution in [2.75, 3.05) is 13.7 Å². The molecule has 0 bridgehead atoms. The number of esters is 1. The molecule has 4 nitrogen and oxygen atoms in total. The second-order valence-electron chi connectivity index (χ2n) is 6.38. The third-order valence-electron chi connectivity index (χ3n) is 5.37. The molecular weight excluding hydrogens is 252 g/mol. The van der Waals surface area contributed by atoms with Crippen molar-refractivity contribution < 1.29 is 9.53 Å². The lowest BCUT2D eigenvalue weighted by Gasteiger charge is -2.35. The van der Waals surface area contributed by atoms with Gasteiger partial charge in [0.05, 0.1) is 6.61 Å². The van der Waals surface area contributed by atoms with E-state index in [2.05, 4.69) is 24.1 Å². The van der Waals surface area contributed by atoms with Crippen LogP contribution in [0.3, 0.4) is 0 Å². The third-order valence-corrected chi connectivity index (χ3v) is 5.37. The molecule has 1 saturated heterocycles. The van der Waals surface area contributed by atoms with Gasteiger partial charge in [0.2, 0.25) is 0 Å². The molecule has 1 heterocycles. The van der Waals surface area contributed by atoms with Crippen molar-refractivity contribution >= 4 is 5.97 Å². The maximum Gasteiger partial charge on any atom is 0.326 e. The number of likely N-dealkylation sites (tertiary alicyclic amines) is 1. The Morgan fingerprint density at radius 3 is 2.70 bits per heavy atom. The minimum absolute atomic E-state index is 0.0649. The van der Waals surface area contributed by atoms with Gasteiger partial charge < -0.3 is 10.1 Å². The maximum atomic E-state index is 12.3. The number of nitrogens with one attached hydrogen (secondary N) is 1. The Morgan fingerprint density at radius 1 is 1.35 bits per heavy atom. The van der Waals surface area contributed by atoms with Crippen LogP contribution in [0.4, 0.5) is 0 Å². The van der Waals surface area contributed by atoms with Gasteiger partial charge in [-0.1, -0.05) is 6.92 Å². The normalized spacial score (nSPS) is 38.3. The van der Waals surface area contributed by atoms with E-state index in [4.69, 9.17) is 4.74 Å². The van der Waals surface area contributed by atoms with E-state index in [0.717, 1.165) is 19.3 Å². The Bertz CT molecular complexity index is 347. The van der Waals surface area contributed by atoms with E-state index in [-0.39, 0.29) is 5.97 Å². The summed E-state index contributed by atoms with van der Waals surface area (Å²) in [5.41, 5.74) is -0.457. The number of hydrogen-bond acceptors (Lipinski definition) is 4. The molecule has 2 fully saturated rings. The van der Waals surface area contributed by atoms with Crippen LogP contribution in [0.15, 0.2) is 0 Å². The highest BCUT2D eigenvalue weighted by Gasteiger charge is 2.49. The Kier molecular flexibility index (Phi) is 5.08. The highest BCUT2D eigenvalue weighted by Crippen LogP contribution is 2.39. The zero-order valence-corrected chi connectivity index (χ0v) is 13.4. The standard InChI is InChI=1S/C16H30N2O2/c1-5-13-8-7-12(3)18(13)14-9-10-16(11-14,17-4)15(19)20-6-2/h12-14,17H,5-11H2,1-4H3. The average molecular weight is 282 g/mol. The molecule has 2 aliphatic rings. The lowest BCUT2D eigenvalue weighted by atomic mass is 9.97. The number of carbonyl (C=O) groups excluding carboxylic acids is 1. The van der Waals surface area contributed by atoms with Crippen molar-refractivity contribution in [3.8, 4) is 0 Å². The summed E-state index contributed by atoms with van der Waals surface area (Å²) in [5.74, 6) is -0.0649. The molecule has 4 unspecified atom stereocenters. The Balaban J connectivity index is 2.08. The molecule has 0 aromatic carbocycles. The first-order chi connectivity index (χ1) is 9.57. The average Bonchev–Trinajstić information content (AvgIpc) is 3.03. The fourth-order valence-electron chi connectivity index (χ4n) is 4.22. The Labute approximate surface area is 123 Å². The van der Waals surface area contributed by atoms with E-state index >= 15 is 0 Å². The SMILES string of the molecule is CCOC(=O)C1(NC)CCC(N2C(C)CCC2CC)C1. The van der Waals surface area contributed by atoms with Gasteiger partial charge >= 0.3 is 5.97 Å². The van der Waals surface area contributed by atoms with Crippen LogP contribution in [-0.2, 0) is 9.53 Å². The summed E-state index contributed by atoms with van der Waals surface area (Å²) in [6.07, 6.45) is 6.70. The molecule has 1 aliphatic carbocycles. The van der Waals surface area contributed by atoms with Crippen molar-refractivity contribution in [3.05, 3.63) is 0 Å². The molecule has 1 saturated carbocycles. The maximum absolute atomic E-state index is 12.3. The fourth-order valence-corrected chi connectivity index (χ4v) is 4.22. The van der Waals surface area contributed by atoms with E-state index in [0.29, 0.717) is 24.7 Å². The van der Waals surface area contributed by atoms with E-state index in [1.54, 1.807) is 0 Å². The molecule has 0 aromatic rings. The van der Waals surface area contributed by atoms with Crippen molar-refractivity contribution in [1.29, 1.82) is 0 Å². The zero-order valence-electron chi connectivity index (χ0n) is 13.4. The molecule has 0 amide bonds. The predicted octanol–water partition coefficient (Wildman–Crippen LogP) is 2.32. The smallest absolute Gasteiger partial charge is 0.326 e. The van der Waals surface area contributed by atoms with Crippen LogP contribution in [0, 0.1) is 0 Å². The number of hydrogen-bond donors (Lipinski definition) is 1. The van der Waals surface area contributed by atoms with Crippen molar-refractivity contribution in [2.45, 2.75) is 83.0 Å². The Morgan fingerprint density at radius 2 is 2.10 bits per heavy atom. The van der Waals surface area contributed by atoms with Gasteiger partial charge in [0, 0.05) is 18.1 Å². The lowest BCUT2D eigenvalue weighted by Crippen LogP contribution is -2.51. The first-order valence-electron chi connectivity index (χ1n) is 8.21. The first kappa shape index (κ1) is 15.8. The van der Waals surface area contributed by atoms with Crippen molar-refractivity contribution in [2.24, 2.45) is 0 Å². The number of carbonyl (C=O) groups is 1. The van der Waals surface area contributed by atoms with E-state index < -0.39 is 5.54 Å². The summed E-state index contributed by atoms with van der Waals surface area (Å²) >= 11 is 0. The number of ether oxygens (including phenoxy) is 1. The zero-order chi connectivity index (χ0) is 14.8. The van der Waals surface area contributed by atoms with Gasteiger partial charge in [0.1, 0.15) is 5.54 Å². The van der Waals surface area contributed by atoms with Gasteiger partial charge in [0.15, 0.2) is 0 Å². The van der Waals surface area contributed by atoms with E-state index in [1.165, 1.54) is 19.3 Å². The van der Waals surface area contributed by atoms with Crippen molar-refractivity contribution in [1.82, 2.24) is 10.2 Å². The molecule has 1 aliphatic heterocycles. The van der Waals surface area contributed by atoms with Crippen LogP contribution < -0.4 is 5.32 Å². The van der Waals surface area contributed by atoms with Gasteiger partial charge in [-0.2, -0.15) is 0 Å². The molecular formula is C16H30N2O2. The molecule has 0 radical (unpaired) electrons. The molecule has 20 heavy (non-hydrogen) atoms. The minimum atomic E-state index is -0.457. The molecule has 0 spiro atoms. The van der Waals surface area contributed by atoms with Gasteiger partial charge in [-0.25, -0.2) is 0 Å². The quantitative estimate of drug-likeness (QED) is 0.786. The van der Waals surface area contributed by atoms with E-state index in [1.807, 2.05) is 14.0 Å². The second-order valence-corrected chi connectivity index (χ2v) is 6.38. The van der Waals surface area contributed by atoms with Crippen LogP contribution in [0.2, 0.25) is 0 Å². The predicted molar refractivity (Wildman–Crippen MR) is 80.7 cm³/mol. The molecule has 2 rings (SSSR count). The first-order valence-corrected chi connectivity index (χ1v) is 8.21. The van der Waals surface area contributed by atoms with Gasteiger partial charge in [-0.15, -0.1) is 0 Å². The number of nitrogens with zero attached hydrogens (tertiary/aromatic N) is 1. The van der Waals surface area contributed by atoms with Crippen LogP contribution in [-0.4, -0.2) is 48.2 Å². The van der Waals surface area contributed by atoms with Crippen LogP contribution >= 0.6 is 0 Å². The Hall–Kier alpha value is -0.610. The second kappa shape index (κ2) is 6.44.